The highest BCUT2D eigenvalue weighted by Gasteiger charge is 2.38. The number of ether oxygens (including phenoxy) is 1. The van der Waals surface area contributed by atoms with Crippen LogP contribution in [0.4, 0.5) is 19.1 Å². The number of alkyl halides is 3. The van der Waals surface area contributed by atoms with Gasteiger partial charge >= 0.3 is 6.18 Å². The highest BCUT2D eigenvalue weighted by Crippen LogP contribution is 2.29. The SMILES string of the molecule is CC(=O)N(C)C1C=C(C(F)(F)F)C=NC1Nc1nsc(C2=CC=C(OC(C)(C)C)CN2)n1. The number of aliphatic imine (C=N–C) groups is 1. The zero-order valence-corrected chi connectivity index (χ0v) is 19.1. The summed E-state index contributed by atoms with van der Waals surface area (Å²) in [6, 6.07) is -0.951. The van der Waals surface area contributed by atoms with E-state index in [0.717, 1.165) is 35.3 Å². The van der Waals surface area contributed by atoms with Gasteiger partial charge < -0.3 is 20.3 Å². The number of nitrogens with one attached hydrogen (secondary N) is 2. The van der Waals surface area contributed by atoms with Crippen LogP contribution in [0.3, 0.4) is 0 Å². The molecular formula is C20H25F3N6O2S. The van der Waals surface area contributed by atoms with E-state index < -0.39 is 24.0 Å². The van der Waals surface area contributed by atoms with Crippen molar-refractivity contribution < 1.29 is 22.7 Å². The molecule has 0 fully saturated rings. The summed E-state index contributed by atoms with van der Waals surface area (Å²) in [5, 5.41) is 6.75. The normalized spacial score (nSPS) is 21.2. The van der Waals surface area contributed by atoms with Crippen LogP contribution in [0.15, 0.2) is 34.6 Å². The van der Waals surface area contributed by atoms with Crippen molar-refractivity contribution in [1.82, 2.24) is 19.6 Å². The first-order valence-electron chi connectivity index (χ1n) is 9.83. The molecule has 3 heterocycles. The molecule has 3 rings (SSSR count). The van der Waals surface area contributed by atoms with Crippen molar-refractivity contribution >= 4 is 35.3 Å². The predicted octanol–water partition coefficient (Wildman–Crippen LogP) is 3.34. The van der Waals surface area contributed by atoms with E-state index in [1.54, 1.807) is 0 Å². The van der Waals surface area contributed by atoms with Crippen LogP contribution in [0.2, 0.25) is 0 Å². The first-order valence-corrected chi connectivity index (χ1v) is 10.6. The lowest BCUT2D eigenvalue weighted by Crippen LogP contribution is -2.47. The molecule has 1 aromatic rings. The van der Waals surface area contributed by atoms with Crippen LogP contribution in [0, 0.1) is 0 Å². The molecule has 12 heteroatoms. The van der Waals surface area contributed by atoms with Crippen LogP contribution >= 0.6 is 11.5 Å². The predicted molar refractivity (Wildman–Crippen MR) is 117 cm³/mol. The average Bonchev–Trinajstić information content (AvgIpc) is 3.14. The van der Waals surface area contributed by atoms with Crippen LogP contribution in [-0.2, 0) is 9.53 Å². The Labute approximate surface area is 188 Å². The van der Waals surface area contributed by atoms with Gasteiger partial charge in [-0.05, 0) is 50.5 Å². The molecule has 0 aliphatic carbocycles. The first kappa shape index (κ1) is 23.8. The lowest BCUT2D eigenvalue weighted by atomic mass is 10.1. The van der Waals surface area contributed by atoms with Gasteiger partial charge in [-0.3, -0.25) is 9.79 Å². The number of halogens is 3. The Bertz CT molecular complexity index is 990. The maximum Gasteiger partial charge on any atom is 0.417 e. The molecule has 2 N–H and O–H groups in total. The van der Waals surface area contributed by atoms with Gasteiger partial charge in [0.1, 0.15) is 17.5 Å². The minimum absolute atomic E-state index is 0.210. The average molecular weight is 471 g/mol. The topological polar surface area (TPSA) is 91.7 Å². The van der Waals surface area contributed by atoms with E-state index in [-0.39, 0.29) is 17.5 Å². The maximum atomic E-state index is 13.1. The summed E-state index contributed by atoms with van der Waals surface area (Å²) >= 11 is 1.13. The molecule has 2 aliphatic heterocycles. The number of likely N-dealkylation sites (N-methyl/N-ethyl adjacent to an activating group) is 1. The van der Waals surface area contributed by atoms with Crippen molar-refractivity contribution in [3.63, 3.8) is 0 Å². The van der Waals surface area contributed by atoms with E-state index in [2.05, 4.69) is 25.0 Å². The van der Waals surface area contributed by atoms with E-state index in [1.807, 2.05) is 32.9 Å². The van der Waals surface area contributed by atoms with Crippen LogP contribution in [0.5, 0.6) is 0 Å². The third kappa shape index (κ3) is 5.87. The number of carbonyl (C=O) groups is 1. The number of hydrogen-bond donors (Lipinski definition) is 2. The van der Waals surface area contributed by atoms with E-state index in [9.17, 15) is 18.0 Å². The maximum absolute atomic E-state index is 13.1. The smallest absolute Gasteiger partial charge is 0.417 e. The fraction of sp³-hybridized carbons (Fsp3) is 0.500. The molecular weight excluding hydrogens is 445 g/mol. The van der Waals surface area contributed by atoms with Crippen molar-refractivity contribution in [3.05, 3.63) is 34.6 Å². The minimum Gasteiger partial charge on any atom is -0.491 e. The number of nitrogens with zero attached hydrogens (tertiary/aromatic N) is 4. The summed E-state index contributed by atoms with van der Waals surface area (Å²) in [4.78, 5) is 21.4. The fourth-order valence-electron chi connectivity index (χ4n) is 3.00. The fourth-order valence-corrected chi connectivity index (χ4v) is 3.63. The standard InChI is InChI=1S/C20H25F3N6O2S/c1-11(30)29(5)15-8-12(20(21,22)23)9-25-16(15)26-18-27-17(32-28-18)14-7-6-13(10-24-14)31-19(2,3)4/h6-9,15-16,24H,10H2,1-5H3,(H,26,28). The summed E-state index contributed by atoms with van der Waals surface area (Å²) < 4.78 is 49.4. The molecule has 0 saturated carbocycles. The number of dihydropyridines is 2. The lowest BCUT2D eigenvalue weighted by Gasteiger charge is -2.32. The van der Waals surface area contributed by atoms with Crippen molar-refractivity contribution in [3.8, 4) is 0 Å². The second-order valence-corrected chi connectivity index (χ2v) is 9.06. The van der Waals surface area contributed by atoms with Gasteiger partial charge in [-0.1, -0.05) is 0 Å². The van der Waals surface area contributed by atoms with Gasteiger partial charge in [0.25, 0.3) is 0 Å². The van der Waals surface area contributed by atoms with E-state index in [4.69, 9.17) is 4.74 Å². The van der Waals surface area contributed by atoms with Gasteiger partial charge in [-0.25, -0.2) is 0 Å². The molecule has 0 radical (unpaired) electrons. The molecule has 0 aromatic carbocycles. The quantitative estimate of drug-likeness (QED) is 0.686. The second kappa shape index (κ2) is 8.93. The zero-order valence-electron chi connectivity index (χ0n) is 18.3. The number of hydrogen-bond acceptors (Lipinski definition) is 8. The van der Waals surface area contributed by atoms with Gasteiger partial charge in [-0.2, -0.15) is 22.5 Å². The van der Waals surface area contributed by atoms with E-state index in [1.165, 1.54) is 18.9 Å². The molecule has 0 spiro atoms. The zero-order chi connectivity index (χ0) is 23.7. The van der Waals surface area contributed by atoms with Crippen molar-refractivity contribution in [1.29, 1.82) is 0 Å². The third-order valence-corrected chi connectivity index (χ3v) is 5.33. The Morgan fingerprint density at radius 1 is 1.31 bits per heavy atom. The molecule has 1 amide bonds. The molecule has 2 aliphatic rings. The summed E-state index contributed by atoms with van der Waals surface area (Å²) in [6.07, 6.45) is 0.00112. The molecule has 0 saturated heterocycles. The summed E-state index contributed by atoms with van der Waals surface area (Å²) in [5.41, 5.74) is -0.457. The minimum atomic E-state index is -4.56. The van der Waals surface area contributed by atoms with Gasteiger partial charge in [0.15, 0.2) is 5.01 Å². The van der Waals surface area contributed by atoms with Crippen LogP contribution < -0.4 is 10.6 Å². The number of aromatic nitrogens is 2. The van der Waals surface area contributed by atoms with Gasteiger partial charge in [0.05, 0.1) is 23.9 Å². The third-order valence-electron chi connectivity index (χ3n) is 4.58. The number of amides is 1. The van der Waals surface area contributed by atoms with Crippen LogP contribution in [0.25, 0.3) is 5.70 Å². The van der Waals surface area contributed by atoms with Gasteiger partial charge in [-0.15, -0.1) is 0 Å². The Morgan fingerprint density at radius 2 is 2.03 bits per heavy atom. The van der Waals surface area contributed by atoms with Gasteiger partial charge in [0, 0.05) is 20.2 Å². The Hall–Kier alpha value is -2.89. The molecule has 32 heavy (non-hydrogen) atoms. The Kier molecular flexibility index (Phi) is 6.63. The molecule has 2 atom stereocenters. The van der Waals surface area contributed by atoms with E-state index in [0.29, 0.717) is 11.6 Å². The first-order chi connectivity index (χ1) is 14.8. The van der Waals surface area contributed by atoms with Gasteiger partial charge in [0.2, 0.25) is 11.9 Å². The lowest BCUT2D eigenvalue weighted by molar-refractivity contribution is -0.129. The summed E-state index contributed by atoms with van der Waals surface area (Å²) in [6.45, 7) is 7.67. The largest absolute Gasteiger partial charge is 0.491 e. The van der Waals surface area contributed by atoms with Crippen molar-refractivity contribution in [2.75, 3.05) is 18.9 Å². The number of anilines is 1. The molecule has 174 valence electrons. The van der Waals surface area contributed by atoms with Crippen molar-refractivity contribution in [2.45, 2.75) is 51.7 Å². The number of carbonyl (C=O) groups excluding carboxylic acids is 1. The molecule has 0 bridgehead atoms. The Morgan fingerprint density at radius 3 is 2.59 bits per heavy atom. The van der Waals surface area contributed by atoms with Crippen molar-refractivity contribution in [2.24, 2.45) is 4.99 Å². The molecule has 2 unspecified atom stereocenters. The number of allylic oxidation sites excluding steroid dienone is 3. The second-order valence-electron chi connectivity index (χ2n) is 8.31. The highest BCUT2D eigenvalue weighted by atomic mass is 32.1. The number of rotatable bonds is 5. The Balaban J connectivity index is 1.75. The monoisotopic (exact) mass is 470 g/mol. The molecule has 1 aromatic heterocycles. The van der Waals surface area contributed by atoms with E-state index >= 15 is 0 Å². The van der Waals surface area contributed by atoms with Crippen LogP contribution in [-0.4, -0.2) is 64.0 Å². The molecule has 8 nitrogen and oxygen atoms in total. The highest BCUT2D eigenvalue weighted by molar-refractivity contribution is 7.06. The summed E-state index contributed by atoms with van der Waals surface area (Å²) in [5.74, 6) is 0.615. The summed E-state index contributed by atoms with van der Waals surface area (Å²) in [7, 11) is 1.42. The van der Waals surface area contributed by atoms with Crippen LogP contribution in [0.1, 0.15) is 32.7 Å².